The molecule has 6 heteroatoms. The number of aliphatic carboxylic acids is 1. The maximum absolute atomic E-state index is 11.6. The third-order valence-corrected chi connectivity index (χ3v) is 3.40. The van der Waals surface area contributed by atoms with E-state index in [1.807, 2.05) is 37.3 Å². The fraction of sp³-hybridized carbons (Fsp3) is 0.429. The number of rotatable bonds is 9. The van der Waals surface area contributed by atoms with Gasteiger partial charge in [0.25, 0.3) is 0 Å². The van der Waals surface area contributed by atoms with Crippen LogP contribution in [0.15, 0.2) is 30.3 Å². The molecule has 0 saturated heterocycles. The van der Waals surface area contributed by atoms with Crippen LogP contribution in [0.25, 0.3) is 0 Å². The number of amides is 1. The van der Waals surface area contributed by atoms with Crippen molar-refractivity contribution in [3.8, 4) is 0 Å². The van der Waals surface area contributed by atoms with Gasteiger partial charge in [-0.1, -0.05) is 30.3 Å². The van der Waals surface area contributed by atoms with Gasteiger partial charge < -0.3 is 15.2 Å². The van der Waals surface area contributed by atoms with Gasteiger partial charge in [0, 0.05) is 13.2 Å². The molecule has 20 heavy (non-hydrogen) atoms. The largest absolute Gasteiger partial charge is 0.481 e. The van der Waals surface area contributed by atoms with Gasteiger partial charge in [-0.2, -0.15) is 0 Å². The first-order valence-corrected chi connectivity index (χ1v) is 7.51. The molecule has 0 aliphatic rings. The Morgan fingerprint density at radius 3 is 2.60 bits per heavy atom. The van der Waals surface area contributed by atoms with Gasteiger partial charge in [-0.15, -0.1) is 11.8 Å². The molecule has 110 valence electrons. The number of carboxylic acid groups (broad SMARTS) is 1. The number of ether oxygens (including phenoxy) is 1. The van der Waals surface area contributed by atoms with Crippen molar-refractivity contribution in [3.05, 3.63) is 35.9 Å². The second kappa shape index (κ2) is 9.39. The zero-order valence-corrected chi connectivity index (χ0v) is 12.2. The molecule has 1 rings (SSSR count). The lowest BCUT2D eigenvalue weighted by atomic mass is 10.1. The topological polar surface area (TPSA) is 75.6 Å². The minimum Gasteiger partial charge on any atom is -0.481 e. The lowest BCUT2D eigenvalue weighted by Crippen LogP contribution is -2.31. The molecule has 1 amide bonds. The van der Waals surface area contributed by atoms with Gasteiger partial charge in [0.05, 0.1) is 17.6 Å². The molecule has 0 aromatic heterocycles. The molecular formula is C14H19NO4S. The van der Waals surface area contributed by atoms with E-state index in [4.69, 9.17) is 9.84 Å². The molecule has 0 aliphatic heterocycles. The summed E-state index contributed by atoms with van der Waals surface area (Å²) in [6, 6.07) is 9.67. The van der Waals surface area contributed by atoms with Crippen LogP contribution in [-0.2, 0) is 14.3 Å². The summed E-state index contributed by atoms with van der Waals surface area (Å²) in [7, 11) is 0. The van der Waals surface area contributed by atoms with E-state index >= 15 is 0 Å². The molecule has 1 aromatic rings. The maximum Gasteiger partial charge on any atom is 0.313 e. The Balaban J connectivity index is 2.39. The van der Waals surface area contributed by atoms with E-state index in [0.29, 0.717) is 13.2 Å². The standard InChI is InChI=1S/C14H19NO4S/c1-2-19-12(11-6-4-3-5-7-11)8-15-13(16)9-20-10-14(17)18/h3-7,12H,2,8-10H2,1H3,(H,15,16)(H,17,18). The highest BCUT2D eigenvalue weighted by Gasteiger charge is 2.12. The molecule has 2 N–H and O–H groups in total. The Kier molecular flexibility index (Phi) is 7.75. The summed E-state index contributed by atoms with van der Waals surface area (Å²) in [5, 5.41) is 11.3. The Morgan fingerprint density at radius 1 is 1.30 bits per heavy atom. The van der Waals surface area contributed by atoms with Crippen molar-refractivity contribution in [2.24, 2.45) is 0 Å². The van der Waals surface area contributed by atoms with E-state index in [1.165, 1.54) is 0 Å². The zero-order chi connectivity index (χ0) is 14.8. The Labute approximate surface area is 122 Å². The average Bonchev–Trinajstić information content (AvgIpc) is 2.44. The summed E-state index contributed by atoms with van der Waals surface area (Å²) in [5.74, 6) is -1.03. The average molecular weight is 297 g/mol. The lowest BCUT2D eigenvalue weighted by molar-refractivity contribution is -0.133. The molecule has 0 spiro atoms. The van der Waals surface area contributed by atoms with Crippen LogP contribution in [0.1, 0.15) is 18.6 Å². The van der Waals surface area contributed by atoms with Crippen LogP contribution in [0.3, 0.4) is 0 Å². The van der Waals surface area contributed by atoms with Gasteiger partial charge in [-0.05, 0) is 12.5 Å². The molecular weight excluding hydrogens is 278 g/mol. The van der Waals surface area contributed by atoms with Crippen LogP contribution in [-0.4, -0.2) is 41.6 Å². The Bertz CT molecular complexity index is 424. The lowest BCUT2D eigenvalue weighted by Gasteiger charge is -2.18. The molecule has 0 fully saturated rings. The predicted octanol–water partition coefficient (Wildman–Crippen LogP) is 1.70. The summed E-state index contributed by atoms with van der Waals surface area (Å²) in [4.78, 5) is 21.9. The van der Waals surface area contributed by atoms with Crippen LogP contribution in [0.5, 0.6) is 0 Å². The van der Waals surface area contributed by atoms with E-state index in [1.54, 1.807) is 0 Å². The SMILES string of the molecule is CCOC(CNC(=O)CSCC(=O)O)c1ccccc1. The van der Waals surface area contributed by atoms with Gasteiger partial charge >= 0.3 is 5.97 Å². The first-order valence-electron chi connectivity index (χ1n) is 6.36. The second-order valence-corrected chi connectivity index (χ2v) is 5.03. The quantitative estimate of drug-likeness (QED) is 0.725. The van der Waals surface area contributed by atoms with E-state index in [2.05, 4.69) is 5.32 Å². The third kappa shape index (κ3) is 6.58. The van der Waals surface area contributed by atoms with Crippen molar-refractivity contribution in [3.63, 3.8) is 0 Å². The first kappa shape index (κ1) is 16.5. The number of hydrogen-bond donors (Lipinski definition) is 2. The smallest absolute Gasteiger partial charge is 0.313 e. The van der Waals surface area contributed by atoms with E-state index in [9.17, 15) is 9.59 Å². The molecule has 0 aliphatic carbocycles. The van der Waals surface area contributed by atoms with Crippen LogP contribution in [0.2, 0.25) is 0 Å². The van der Waals surface area contributed by atoms with Crippen LogP contribution >= 0.6 is 11.8 Å². The van der Waals surface area contributed by atoms with Gasteiger partial charge in [0.1, 0.15) is 0 Å². The number of carboxylic acids is 1. The van der Waals surface area contributed by atoms with Crippen molar-refractivity contribution in [1.82, 2.24) is 5.32 Å². The molecule has 1 aromatic carbocycles. The van der Waals surface area contributed by atoms with Crippen molar-refractivity contribution in [1.29, 1.82) is 0 Å². The number of nitrogens with one attached hydrogen (secondary N) is 1. The van der Waals surface area contributed by atoms with Crippen molar-refractivity contribution < 1.29 is 19.4 Å². The van der Waals surface area contributed by atoms with Crippen molar-refractivity contribution in [2.75, 3.05) is 24.7 Å². The van der Waals surface area contributed by atoms with Gasteiger partial charge in [-0.25, -0.2) is 0 Å². The van der Waals surface area contributed by atoms with Crippen LogP contribution < -0.4 is 5.32 Å². The Hall–Kier alpha value is -1.53. The molecule has 1 unspecified atom stereocenters. The summed E-state index contributed by atoms with van der Waals surface area (Å²) < 4.78 is 5.61. The van der Waals surface area contributed by atoms with Crippen LogP contribution in [0, 0.1) is 0 Å². The molecule has 0 heterocycles. The molecule has 0 bridgehead atoms. The van der Waals surface area contributed by atoms with E-state index in [0.717, 1.165) is 17.3 Å². The summed E-state index contributed by atoms with van der Waals surface area (Å²) >= 11 is 1.08. The highest BCUT2D eigenvalue weighted by molar-refractivity contribution is 8.00. The number of hydrogen-bond acceptors (Lipinski definition) is 4. The monoisotopic (exact) mass is 297 g/mol. The molecule has 0 radical (unpaired) electrons. The number of thioether (sulfide) groups is 1. The van der Waals surface area contributed by atoms with E-state index < -0.39 is 5.97 Å². The second-order valence-electron chi connectivity index (χ2n) is 4.05. The highest BCUT2D eigenvalue weighted by Crippen LogP contribution is 2.15. The summed E-state index contributed by atoms with van der Waals surface area (Å²) in [5.41, 5.74) is 1.01. The zero-order valence-electron chi connectivity index (χ0n) is 11.4. The van der Waals surface area contributed by atoms with Gasteiger partial charge in [0.2, 0.25) is 5.91 Å². The normalized spacial score (nSPS) is 11.8. The van der Waals surface area contributed by atoms with Crippen LogP contribution in [0.4, 0.5) is 0 Å². The van der Waals surface area contributed by atoms with Gasteiger partial charge in [0.15, 0.2) is 0 Å². The minimum atomic E-state index is -0.917. The third-order valence-electron chi connectivity index (χ3n) is 2.48. The molecule has 1 atom stereocenters. The maximum atomic E-state index is 11.6. The summed E-state index contributed by atoms with van der Waals surface area (Å²) in [6.45, 7) is 2.84. The minimum absolute atomic E-state index is 0.0685. The number of benzene rings is 1. The number of carbonyl (C=O) groups excluding carboxylic acids is 1. The molecule has 5 nitrogen and oxygen atoms in total. The van der Waals surface area contributed by atoms with E-state index in [-0.39, 0.29) is 23.5 Å². The Morgan fingerprint density at radius 2 is 2.00 bits per heavy atom. The fourth-order valence-corrected chi connectivity index (χ4v) is 2.19. The van der Waals surface area contributed by atoms with Crippen molar-refractivity contribution in [2.45, 2.75) is 13.0 Å². The predicted molar refractivity (Wildman–Crippen MR) is 78.8 cm³/mol. The fourth-order valence-electron chi connectivity index (χ4n) is 1.63. The first-order chi connectivity index (χ1) is 9.63. The molecule has 0 saturated carbocycles. The summed E-state index contributed by atoms with van der Waals surface area (Å²) in [6.07, 6.45) is -0.186. The van der Waals surface area contributed by atoms with Gasteiger partial charge in [-0.3, -0.25) is 9.59 Å². The highest BCUT2D eigenvalue weighted by atomic mass is 32.2. The van der Waals surface area contributed by atoms with Crippen molar-refractivity contribution >= 4 is 23.6 Å². The number of carbonyl (C=O) groups is 2.